The summed E-state index contributed by atoms with van der Waals surface area (Å²) in [7, 11) is 0. The number of thiazole rings is 1. The Balaban J connectivity index is 1.91. The number of nitrogens with zero attached hydrogens (tertiary/aromatic N) is 3. The van der Waals surface area contributed by atoms with E-state index in [2.05, 4.69) is 39.3 Å². The quantitative estimate of drug-likeness (QED) is 0.768. The molecule has 2 N–H and O–H groups in total. The van der Waals surface area contributed by atoms with Gasteiger partial charge in [-0.25, -0.2) is 4.98 Å². The number of aromatic nitrogens is 3. The second kappa shape index (κ2) is 4.01. The third-order valence-electron chi connectivity index (χ3n) is 3.05. The lowest BCUT2D eigenvalue weighted by atomic mass is 10.2. The van der Waals surface area contributed by atoms with Crippen molar-refractivity contribution >= 4 is 16.3 Å². The highest BCUT2D eigenvalue weighted by molar-refractivity contribution is 7.15. The second-order valence-corrected chi connectivity index (χ2v) is 4.96. The van der Waals surface area contributed by atoms with Gasteiger partial charge in [0.1, 0.15) is 0 Å². The Morgan fingerprint density at radius 1 is 1.41 bits per heavy atom. The molecule has 0 bridgehead atoms. The van der Waals surface area contributed by atoms with Crippen molar-refractivity contribution in [1.29, 1.82) is 0 Å². The number of hydrogen-bond acceptors (Lipinski definition) is 3. The van der Waals surface area contributed by atoms with E-state index in [-0.39, 0.29) is 0 Å². The van der Waals surface area contributed by atoms with Crippen molar-refractivity contribution in [2.24, 2.45) is 5.73 Å². The molecule has 0 aliphatic carbocycles. The Morgan fingerprint density at radius 3 is 3.00 bits per heavy atom. The van der Waals surface area contributed by atoms with Crippen LogP contribution in [0.5, 0.6) is 0 Å². The van der Waals surface area contributed by atoms with E-state index in [1.165, 1.54) is 11.3 Å². The van der Waals surface area contributed by atoms with Crippen LogP contribution < -0.4 is 5.73 Å². The minimum Gasteiger partial charge on any atom is -0.345 e. The first-order valence-corrected chi connectivity index (χ1v) is 6.41. The van der Waals surface area contributed by atoms with Crippen LogP contribution in [0.2, 0.25) is 0 Å². The molecule has 5 heteroatoms. The van der Waals surface area contributed by atoms with E-state index in [1.807, 2.05) is 11.6 Å². The van der Waals surface area contributed by atoms with Gasteiger partial charge in [0.2, 0.25) is 0 Å². The van der Waals surface area contributed by atoms with Crippen LogP contribution in [-0.4, -0.2) is 14.0 Å². The summed E-state index contributed by atoms with van der Waals surface area (Å²) in [4.78, 5) is 5.62. The van der Waals surface area contributed by atoms with Gasteiger partial charge in [-0.2, -0.15) is 0 Å². The lowest BCUT2D eigenvalue weighted by Gasteiger charge is -2.04. The summed E-state index contributed by atoms with van der Waals surface area (Å²) in [6.45, 7) is 3.50. The van der Waals surface area contributed by atoms with Crippen LogP contribution in [0.1, 0.15) is 17.0 Å². The Hall–Kier alpha value is -1.59. The molecule has 3 heterocycles. The Labute approximate surface area is 103 Å². The minimum absolute atomic E-state index is 0.594. The number of imidazole rings is 1. The van der Waals surface area contributed by atoms with E-state index in [0.717, 1.165) is 17.2 Å². The van der Waals surface area contributed by atoms with Gasteiger partial charge in [-0.15, -0.1) is 11.3 Å². The van der Waals surface area contributed by atoms with Gasteiger partial charge in [0, 0.05) is 36.2 Å². The molecule has 0 fully saturated rings. The first-order chi connectivity index (χ1) is 8.28. The molecule has 0 saturated carbocycles. The number of nitrogens with two attached hydrogens (primary N) is 1. The predicted molar refractivity (Wildman–Crippen MR) is 69.2 cm³/mol. The van der Waals surface area contributed by atoms with Gasteiger partial charge < -0.3 is 10.3 Å². The van der Waals surface area contributed by atoms with Crippen molar-refractivity contribution in [1.82, 2.24) is 14.0 Å². The van der Waals surface area contributed by atoms with Crippen LogP contribution in [0.4, 0.5) is 0 Å². The summed E-state index contributed by atoms with van der Waals surface area (Å²) >= 11 is 1.66. The van der Waals surface area contributed by atoms with E-state index in [0.29, 0.717) is 6.54 Å². The molecule has 0 unspecified atom stereocenters. The van der Waals surface area contributed by atoms with Crippen molar-refractivity contribution in [2.75, 3.05) is 0 Å². The maximum Gasteiger partial charge on any atom is 0.193 e. The van der Waals surface area contributed by atoms with Crippen LogP contribution in [0.15, 0.2) is 30.0 Å². The summed E-state index contributed by atoms with van der Waals surface area (Å²) in [6, 6.07) is 2.08. The fourth-order valence-corrected chi connectivity index (χ4v) is 2.73. The smallest absolute Gasteiger partial charge is 0.193 e. The van der Waals surface area contributed by atoms with Gasteiger partial charge in [0.15, 0.2) is 4.96 Å². The molecule has 3 rings (SSSR count). The molecule has 0 radical (unpaired) electrons. The minimum atomic E-state index is 0.594. The maximum atomic E-state index is 5.67. The fourth-order valence-electron chi connectivity index (χ4n) is 2.01. The van der Waals surface area contributed by atoms with Crippen LogP contribution in [-0.2, 0) is 13.1 Å². The number of hydrogen-bond donors (Lipinski definition) is 1. The largest absolute Gasteiger partial charge is 0.345 e. The van der Waals surface area contributed by atoms with E-state index in [1.54, 1.807) is 11.3 Å². The van der Waals surface area contributed by atoms with Gasteiger partial charge in [-0.3, -0.25) is 4.40 Å². The van der Waals surface area contributed by atoms with Gasteiger partial charge in [0.25, 0.3) is 0 Å². The topological polar surface area (TPSA) is 48.2 Å². The zero-order valence-corrected chi connectivity index (χ0v) is 10.4. The summed E-state index contributed by atoms with van der Waals surface area (Å²) in [5.74, 6) is 0. The zero-order chi connectivity index (χ0) is 11.8. The Morgan fingerprint density at radius 2 is 2.29 bits per heavy atom. The Kier molecular flexibility index (Phi) is 2.49. The van der Waals surface area contributed by atoms with Gasteiger partial charge >= 0.3 is 0 Å². The van der Waals surface area contributed by atoms with E-state index < -0.39 is 0 Å². The molecule has 17 heavy (non-hydrogen) atoms. The Bertz CT molecular complexity index is 618. The molecule has 0 aromatic carbocycles. The van der Waals surface area contributed by atoms with Gasteiger partial charge in [0.05, 0.1) is 12.2 Å². The number of rotatable bonds is 3. The van der Waals surface area contributed by atoms with Crippen molar-refractivity contribution in [3.8, 4) is 0 Å². The molecule has 0 spiro atoms. The van der Waals surface area contributed by atoms with Crippen molar-refractivity contribution in [3.05, 3.63) is 47.0 Å². The standard InChI is InChI=1S/C12H14N4S/c1-9-10(6-13)2-3-15(9)7-11-8-16-4-5-17-12(16)14-11/h2-5,8H,6-7,13H2,1H3. The lowest BCUT2D eigenvalue weighted by Crippen LogP contribution is -2.03. The van der Waals surface area contributed by atoms with Crippen LogP contribution in [0.3, 0.4) is 0 Å². The molecular weight excluding hydrogens is 232 g/mol. The fraction of sp³-hybridized carbons (Fsp3) is 0.250. The monoisotopic (exact) mass is 246 g/mol. The maximum absolute atomic E-state index is 5.67. The highest BCUT2D eigenvalue weighted by atomic mass is 32.1. The third-order valence-corrected chi connectivity index (χ3v) is 3.82. The molecular formula is C12H14N4S. The van der Waals surface area contributed by atoms with E-state index in [9.17, 15) is 0 Å². The van der Waals surface area contributed by atoms with Gasteiger partial charge in [-0.05, 0) is 18.6 Å². The molecule has 4 nitrogen and oxygen atoms in total. The predicted octanol–water partition coefficient (Wildman–Crippen LogP) is 2.01. The summed E-state index contributed by atoms with van der Waals surface area (Å²) in [6.07, 6.45) is 6.18. The second-order valence-electron chi connectivity index (χ2n) is 4.08. The van der Waals surface area contributed by atoms with Crippen molar-refractivity contribution in [2.45, 2.75) is 20.0 Å². The normalized spacial score (nSPS) is 11.4. The average Bonchev–Trinajstić information content (AvgIpc) is 2.95. The molecule has 88 valence electrons. The summed E-state index contributed by atoms with van der Waals surface area (Å²) in [5.41, 5.74) is 9.18. The molecule has 3 aromatic rings. The summed E-state index contributed by atoms with van der Waals surface area (Å²) in [5, 5.41) is 2.04. The van der Waals surface area contributed by atoms with Gasteiger partial charge in [-0.1, -0.05) is 0 Å². The molecule has 0 saturated heterocycles. The molecule has 0 amide bonds. The zero-order valence-electron chi connectivity index (χ0n) is 9.63. The third kappa shape index (κ3) is 1.77. The highest BCUT2D eigenvalue weighted by Crippen LogP contribution is 2.15. The first kappa shape index (κ1) is 10.6. The van der Waals surface area contributed by atoms with Crippen LogP contribution in [0.25, 0.3) is 4.96 Å². The number of fused-ring (bicyclic) bond motifs is 1. The molecule has 0 aliphatic heterocycles. The lowest BCUT2D eigenvalue weighted by molar-refractivity contribution is 0.754. The first-order valence-electron chi connectivity index (χ1n) is 5.53. The van der Waals surface area contributed by atoms with Crippen LogP contribution in [0, 0.1) is 6.92 Å². The van der Waals surface area contributed by atoms with Crippen molar-refractivity contribution in [3.63, 3.8) is 0 Å². The SMILES string of the molecule is Cc1c(CN)ccn1Cc1cn2ccsc2n1. The van der Waals surface area contributed by atoms with E-state index >= 15 is 0 Å². The van der Waals surface area contributed by atoms with Crippen molar-refractivity contribution < 1.29 is 0 Å². The highest BCUT2D eigenvalue weighted by Gasteiger charge is 2.06. The average molecular weight is 246 g/mol. The summed E-state index contributed by atoms with van der Waals surface area (Å²) < 4.78 is 4.25. The van der Waals surface area contributed by atoms with E-state index in [4.69, 9.17) is 5.73 Å². The molecule has 0 atom stereocenters. The molecule has 3 aromatic heterocycles. The molecule has 0 aliphatic rings. The van der Waals surface area contributed by atoms with Crippen LogP contribution >= 0.6 is 11.3 Å².